The Labute approximate surface area is 123 Å². The number of likely N-dealkylation sites (tertiary alicyclic amines) is 1. The minimum absolute atomic E-state index is 0.0701. The molecular formula is C13H22N2O4S. The van der Waals surface area contributed by atoms with Crippen molar-refractivity contribution in [1.82, 2.24) is 9.80 Å². The van der Waals surface area contributed by atoms with Gasteiger partial charge in [0.2, 0.25) is 11.8 Å². The minimum atomic E-state index is 0.0701. The van der Waals surface area contributed by atoms with Crippen molar-refractivity contribution in [2.75, 3.05) is 57.5 Å². The highest BCUT2D eigenvalue weighted by Crippen LogP contribution is 2.17. The normalized spacial score (nSPS) is 23.1. The van der Waals surface area contributed by atoms with Crippen molar-refractivity contribution in [1.29, 1.82) is 0 Å². The van der Waals surface area contributed by atoms with E-state index >= 15 is 0 Å². The molecule has 1 unspecified atom stereocenters. The van der Waals surface area contributed by atoms with Gasteiger partial charge in [0, 0.05) is 38.7 Å². The van der Waals surface area contributed by atoms with Crippen LogP contribution in [0.5, 0.6) is 0 Å². The summed E-state index contributed by atoms with van der Waals surface area (Å²) in [5.41, 5.74) is 0. The van der Waals surface area contributed by atoms with E-state index < -0.39 is 0 Å². The number of thioether (sulfide) groups is 1. The van der Waals surface area contributed by atoms with E-state index in [9.17, 15) is 9.59 Å². The van der Waals surface area contributed by atoms with Crippen LogP contribution in [0.1, 0.15) is 6.42 Å². The van der Waals surface area contributed by atoms with Crippen molar-refractivity contribution < 1.29 is 19.4 Å². The van der Waals surface area contributed by atoms with Gasteiger partial charge in [-0.1, -0.05) is 0 Å². The second-order valence-electron chi connectivity index (χ2n) is 5.16. The maximum atomic E-state index is 11.9. The summed E-state index contributed by atoms with van der Waals surface area (Å²) in [7, 11) is 0. The van der Waals surface area contributed by atoms with Gasteiger partial charge >= 0.3 is 0 Å². The van der Waals surface area contributed by atoms with E-state index in [1.54, 1.807) is 9.80 Å². The van der Waals surface area contributed by atoms with Crippen LogP contribution in [0.3, 0.4) is 0 Å². The van der Waals surface area contributed by atoms with Gasteiger partial charge in [0.15, 0.2) is 0 Å². The van der Waals surface area contributed by atoms with Crippen LogP contribution in [0.4, 0.5) is 0 Å². The van der Waals surface area contributed by atoms with E-state index in [0.717, 1.165) is 13.0 Å². The Morgan fingerprint density at radius 2 is 1.75 bits per heavy atom. The van der Waals surface area contributed by atoms with Gasteiger partial charge in [-0.2, -0.15) is 0 Å². The van der Waals surface area contributed by atoms with Gasteiger partial charge in [0.05, 0.1) is 24.7 Å². The van der Waals surface area contributed by atoms with E-state index in [4.69, 9.17) is 9.84 Å². The highest BCUT2D eigenvalue weighted by Gasteiger charge is 2.25. The van der Waals surface area contributed by atoms with E-state index in [-0.39, 0.29) is 24.3 Å². The fourth-order valence-corrected chi connectivity index (χ4v) is 3.25. The molecule has 2 aliphatic rings. The molecule has 2 saturated heterocycles. The van der Waals surface area contributed by atoms with Crippen LogP contribution in [0, 0.1) is 5.92 Å². The molecule has 0 saturated carbocycles. The zero-order valence-electron chi connectivity index (χ0n) is 11.6. The van der Waals surface area contributed by atoms with Crippen molar-refractivity contribution in [3.05, 3.63) is 0 Å². The van der Waals surface area contributed by atoms with Gasteiger partial charge in [-0.25, -0.2) is 0 Å². The summed E-state index contributed by atoms with van der Waals surface area (Å²) in [6.45, 7) is 4.02. The molecule has 0 spiro atoms. The third-order valence-electron chi connectivity index (χ3n) is 3.71. The first-order valence-electron chi connectivity index (χ1n) is 7.02. The Balaban J connectivity index is 1.62. The van der Waals surface area contributed by atoms with Crippen molar-refractivity contribution >= 4 is 23.6 Å². The van der Waals surface area contributed by atoms with Crippen molar-refractivity contribution in [3.63, 3.8) is 0 Å². The summed E-state index contributed by atoms with van der Waals surface area (Å²) in [4.78, 5) is 27.4. The summed E-state index contributed by atoms with van der Waals surface area (Å²) in [5, 5.41) is 9.06. The lowest BCUT2D eigenvalue weighted by molar-refractivity contribution is -0.132. The van der Waals surface area contributed by atoms with E-state index in [1.807, 2.05) is 0 Å². The number of ether oxygens (including phenoxy) is 1. The molecule has 1 N–H and O–H groups in total. The molecule has 0 aromatic carbocycles. The topological polar surface area (TPSA) is 70.1 Å². The lowest BCUT2D eigenvalue weighted by Gasteiger charge is -2.26. The Kier molecular flexibility index (Phi) is 6.12. The highest BCUT2D eigenvalue weighted by atomic mass is 32.2. The SMILES string of the molecule is O=C(CSCC(=O)N1CCC(CO)C1)N1CCOCC1. The molecule has 2 amide bonds. The van der Waals surface area contributed by atoms with E-state index in [1.165, 1.54) is 11.8 Å². The number of aliphatic hydroxyl groups excluding tert-OH is 1. The number of nitrogens with zero attached hydrogens (tertiary/aromatic N) is 2. The molecule has 2 aliphatic heterocycles. The Morgan fingerprint density at radius 1 is 1.10 bits per heavy atom. The Hall–Kier alpha value is -0.790. The zero-order chi connectivity index (χ0) is 14.4. The number of morpholine rings is 1. The molecule has 114 valence electrons. The summed E-state index contributed by atoms with van der Waals surface area (Å²) >= 11 is 1.37. The van der Waals surface area contributed by atoms with Gasteiger partial charge in [0.25, 0.3) is 0 Å². The number of carbonyl (C=O) groups excluding carboxylic acids is 2. The fraction of sp³-hybridized carbons (Fsp3) is 0.846. The van der Waals surface area contributed by atoms with Crippen LogP contribution in [-0.4, -0.2) is 84.2 Å². The molecular weight excluding hydrogens is 280 g/mol. The molecule has 1 atom stereocenters. The fourth-order valence-electron chi connectivity index (χ4n) is 2.43. The largest absolute Gasteiger partial charge is 0.396 e. The molecule has 0 aromatic heterocycles. The maximum absolute atomic E-state index is 11.9. The zero-order valence-corrected chi connectivity index (χ0v) is 12.4. The lowest BCUT2D eigenvalue weighted by Crippen LogP contribution is -2.41. The van der Waals surface area contributed by atoms with Crippen LogP contribution in [0.15, 0.2) is 0 Å². The smallest absolute Gasteiger partial charge is 0.232 e. The number of hydrogen-bond donors (Lipinski definition) is 1. The number of amides is 2. The molecule has 7 heteroatoms. The third-order valence-corrected chi connectivity index (χ3v) is 4.61. The summed E-state index contributed by atoms with van der Waals surface area (Å²) in [5.74, 6) is 1.07. The second-order valence-corrected chi connectivity index (χ2v) is 6.15. The second kappa shape index (κ2) is 7.85. The standard InChI is InChI=1S/C13H22N2O4S/c16-8-11-1-2-15(7-11)13(18)10-20-9-12(17)14-3-5-19-6-4-14/h11,16H,1-10H2. The predicted molar refractivity (Wildman–Crippen MR) is 76.5 cm³/mol. The molecule has 0 radical (unpaired) electrons. The molecule has 0 aliphatic carbocycles. The monoisotopic (exact) mass is 302 g/mol. The highest BCUT2D eigenvalue weighted by molar-refractivity contribution is 8.00. The van der Waals surface area contributed by atoms with Crippen LogP contribution in [0.2, 0.25) is 0 Å². The average Bonchev–Trinajstić information content (AvgIpc) is 2.97. The van der Waals surface area contributed by atoms with Gasteiger partial charge in [-0.3, -0.25) is 9.59 Å². The first-order chi connectivity index (χ1) is 9.70. The van der Waals surface area contributed by atoms with Crippen molar-refractivity contribution in [3.8, 4) is 0 Å². The lowest BCUT2D eigenvalue weighted by atomic mass is 10.1. The molecule has 2 fully saturated rings. The van der Waals surface area contributed by atoms with Crippen LogP contribution < -0.4 is 0 Å². The summed E-state index contributed by atoms with van der Waals surface area (Å²) in [6, 6.07) is 0. The number of hydrogen-bond acceptors (Lipinski definition) is 5. The predicted octanol–water partition coefficient (Wildman–Crippen LogP) is -0.581. The van der Waals surface area contributed by atoms with Gasteiger partial charge in [0.1, 0.15) is 0 Å². The van der Waals surface area contributed by atoms with Gasteiger partial charge < -0.3 is 19.6 Å². The summed E-state index contributed by atoms with van der Waals surface area (Å²) < 4.78 is 5.20. The summed E-state index contributed by atoms with van der Waals surface area (Å²) in [6.07, 6.45) is 0.875. The Bertz CT molecular complexity index is 347. The molecule has 20 heavy (non-hydrogen) atoms. The molecule has 2 heterocycles. The number of aliphatic hydroxyl groups is 1. The molecule has 2 rings (SSSR count). The van der Waals surface area contributed by atoms with Crippen LogP contribution in [-0.2, 0) is 14.3 Å². The van der Waals surface area contributed by atoms with E-state index in [2.05, 4.69) is 0 Å². The van der Waals surface area contributed by atoms with Gasteiger partial charge in [-0.15, -0.1) is 11.8 Å². The quantitative estimate of drug-likeness (QED) is 0.736. The van der Waals surface area contributed by atoms with Crippen molar-refractivity contribution in [2.45, 2.75) is 6.42 Å². The molecule has 6 nitrogen and oxygen atoms in total. The van der Waals surface area contributed by atoms with E-state index in [0.29, 0.717) is 44.4 Å². The third kappa shape index (κ3) is 4.36. The van der Waals surface area contributed by atoms with Crippen LogP contribution >= 0.6 is 11.8 Å². The molecule has 0 bridgehead atoms. The maximum Gasteiger partial charge on any atom is 0.232 e. The first kappa shape index (κ1) is 15.6. The Morgan fingerprint density at radius 3 is 2.35 bits per heavy atom. The molecule has 0 aromatic rings. The minimum Gasteiger partial charge on any atom is -0.396 e. The average molecular weight is 302 g/mol. The number of rotatable bonds is 5. The van der Waals surface area contributed by atoms with Crippen molar-refractivity contribution in [2.24, 2.45) is 5.92 Å². The van der Waals surface area contributed by atoms with Gasteiger partial charge in [-0.05, 0) is 6.42 Å². The first-order valence-corrected chi connectivity index (χ1v) is 8.18. The number of carbonyl (C=O) groups is 2. The van der Waals surface area contributed by atoms with Crippen LogP contribution in [0.25, 0.3) is 0 Å².